The van der Waals surface area contributed by atoms with Crippen molar-refractivity contribution in [2.24, 2.45) is 5.73 Å². The van der Waals surface area contributed by atoms with Gasteiger partial charge >= 0.3 is 0 Å². The second-order valence-corrected chi connectivity index (χ2v) is 4.31. The van der Waals surface area contributed by atoms with Gasteiger partial charge in [-0.1, -0.05) is 18.9 Å². The largest absolute Gasteiger partial charge is 0.496 e. The minimum Gasteiger partial charge on any atom is -0.496 e. The fourth-order valence-electron chi connectivity index (χ4n) is 2.11. The molecule has 1 atom stereocenters. The van der Waals surface area contributed by atoms with E-state index in [0.29, 0.717) is 6.54 Å². The van der Waals surface area contributed by atoms with E-state index in [1.54, 1.807) is 7.11 Å². The molecule has 0 unspecified atom stereocenters. The van der Waals surface area contributed by atoms with Crippen LogP contribution in [0.15, 0.2) is 18.2 Å². The van der Waals surface area contributed by atoms with Crippen molar-refractivity contribution in [2.45, 2.75) is 26.3 Å². The van der Waals surface area contributed by atoms with E-state index in [9.17, 15) is 0 Å². The van der Waals surface area contributed by atoms with Crippen molar-refractivity contribution < 1.29 is 4.74 Å². The van der Waals surface area contributed by atoms with E-state index in [-0.39, 0.29) is 6.04 Å². The average Bonchev–Trinajstić information content (AvgIpc) is 2.37. The lowest BCUT2D eigenvalue weighted by Crippen LogP contribution is -2.26. The van der Waals surface area contributed by atoms with E-state index >= 15 is 0 Å². The Morgan fingerprint density at radius 1 is 1.50 bits per heavy atom. The van der Waals surface area contributed by atoms with Crippen LogP contribution in [-0.2, 0) is 0 Å². The van der Waals surface area contributed by atoms with Crippen molar-refractivity contribution in [1.82, 2.24) is 0 Å². The Morgan fingerprint density at radius 2 is 2.22 bits per heavy atom. The molecular formula is C15H22N2O. The summed E-state index contributed by atoms with van der Waals surface area (Å²) in [5.74, 6) is 3.52. The number of hydrogen-bond acceptors (Lipinski definition) is 3. The number of hydrogen-bond donors (Lipinski definition) is 1. The third-order valence-electron chi connectivity index (χ3n) is 2.83. The molecule has 3 heteroatoms. The minimum absolute atomic E-state index is 0.0896. The molecule has 0 saturated carbocycles. The van der Waals surface area contributed by atoms with Crippen molar-refractivity contribution >= 4 is 5.69 Å². The summed E-state index contributed by atoms with van der Waals surface area (Å²) in [4.78, 5) is 2.17. The molecule has 0 amide bonds. The first-order chi connectivity index (χ1) is 8.65. The van der Waals surface area contributed by atoms with Crippen molar-refractivity contribution in [3.05, 3.63) is 23.8 Å². The van der Waals surface area contributed by atoms with Gasteiger partial charge in [-0.05, 0) is 25.5 Å². The van der Waals surface area contributed by atoms with Crippen molar-refractivity contribution in [2.75, 3.05) is 25.1 Å². The Kier molecular flexibility index (Phi) is 5.54. The third-order valence-corrected chi connectivity index (χ3v) is 2.83. The topological polar surface area (TPSA) is 38.5 Å². The van der Waals surface area contributed by atoms with Crippen LogP contribution < -0.4 is 15.4 Å². The highest BCUT2D eigenvalue weighted by molar-refractivity contribution is 5.61. The van der Waals surface area contributed by atoms with Crippen LogP contribution in [0.2, 0.25) is 0 Å². The van der Waals surface area contributed by atoms with Crippen molar-refractivity contribution in [1.29, 1.82) is 0 Å². The quantitative estimate of drug-likeness (QED) is 0.784. The van der Waals surface area contributed by atoms with E-state index in [2.05, 4.69) is 17.7 Å². The van der Waals surface area contributed by atoms with Gasteiger partial charge in [0, 0.05) is 23.8 Å². The molecule has 1 rings (SSSR count). The SMILES string of the molecule is C#CCN(CCC)c1cccc(OC)c1[C@H](C)N. The molecule has 0 aliphatic rings. The van der Waals surface area contributed by atoms with Gasteiger partial charge in [0.1, 0.15) is 5.75 Å². The molecule has 0 spiro atoms. The Hall–Kier alpha value is -1.66. The highest BCUT2D eigenvalue weighted by atomic mass is 16.5. The van der Waals surface area contributed by atoms with E-state index in [1.165, 1.54) is 0 Å². The number of rotatable bonds is 6. The molecule has 1 aromatic carbocycles. The molecule has 0 bridgehead atoms. The average molecular weight is 246 g/mol. The lowest BCUT2D eigenvalue weighted by molar-refractivity contribution is 0.407. The van der Waals surface area contributed by atoms with E-state index < -0.39 is 0 Å². The van der Waals surface area contributed by atoms with Gasteiger partial charge in [0.2, 0.25) is 0 Å². The number of benzene rings is 1. The summed E-state index contributed by atoms with van der Waals surface area (Å²) in [5.41, 5.74) is 8.15. The van der Waals surface area contributed by atoms with Crippen LogP contribution in [0.3, 0.4) is 0 Å². The summed E-state index contributed by atoms with van der Waals surface area (Å²) in [6, 6.07) is 5.86. The molecule has 1 aromatic rings. The van der Waals surface area contributed by atoms with Crippen LogP contribution in [0.4, 0.5) is 5.69 Å². The van der Waals surface area contributed by atoms with Gasteiger partial charge in [0.25, 0.3) is 0 Å². The van der Waals surface area contributed by atoms with Crippen LogP contribution >= 0.6 is 0 Å². The molecule has 0 saturated heterocycles. The van der Waals surface area contributed by atoms with Crippen molar-refractivity contribution in [3.63, 3.8) is 0 Å². The van der Waals surface area contributed by atoms with Crippen LogP contribution in [0.25, 0.3) is 0 Å². The smallest absolute Gasteiger partial charge is 0.125 e. The van der Waals surface area contributed by atoms with Gasteiger partial charge in [0.05, 0.1) is 13.7 Å². The fraction of sp³-hybridized carbons (Fsp3) is 0.467. The minimum atomic E-state index is -0.0896. The number of ether oxygens (including phenoxy) is 1. The Bertz CT molecular complexity index is 421. The summed E-state index contributed by atoms with van der Waals surface area (Å²) < 4.78 is 5.40. The molecule has 2 N–H and O–H groups in total. The molecule has 18 heavy (non-hydrogen) atoms. The van der Waals surface area contributed by atoms with Gasteiger partial charge < -0.3 is 15.4 Å². The first-order valence-corrected chi connectivity index (χ1v) is 6.26. The number of anilines is 1. The molecular weight excluding hydrogens is 224 g/mol. The lowest BCUT2D eigenvalue weighted by Gasteiger charge is -2.27. The zero-order valence-electron chi connectivity index (χ0n) is 11.4. The molecule has 0 aromatic heterocycles. The molecule has 3 nitrogen and oxygen atoms in total. The normalized spacial score (nSPS) is 11.7. The maximum absolute atomic E-state index is 6.06. The van der Waals surface area contributed by atoms with Crippen LogP contribution in [-0.4, -0.2) is 20.2 Å². The van der Waals surface area contributed by atoms with Gasteiger partial charge in [-0.15, -0.1) is 6.42 Å². The molecule has 0 aliphatic heterocycles. The molecule has 0 fully saturated rings. The predicted molar refractivity (Wildman–Crippen MR) is 76.9 cm³/mol. The number of nitrogens with two attached hydrogens (primary N) is 1. The highest BCUT2D eigenvalue weighted by Gasteiger charge is 2.16. The molecule has 0 aliphatic carbocycles. The van der Waals surface area contributed by atoms with E-state index in [1.807, 2.05) is 25.1 Å². The Labute approximate surface area is 110 Å². The first-order valence-electron chi connectivity index (χ1n) is 6.26. The number of terminal acetylenes is 1. The Morgan fingerprint density at radius 3 is 2.72 bits per heavy atom. The standard InChI is InChI=1S/C15H22N2O/c1-5-10-17(11-6-2)13-8-7-9-14(18-4)15(13)12(3)16/h1,7-9,12H,6,10-11,16H2,2-4H3/t12-/m0/s1. The highest BCUT2D eigenvalue weighted by Crippen LogP contribution is 2.33. The first kappa shape index (κ1) is 14.4. The number of methoxy groups -OCH3 is 1. The summed E-state index contributed by atoms with van der Waals surface area (Å²) in [6.07, 6.45) is 6.48. The van der Waals surface area contributed by atoms with Gasteiger partial charge in [0.15, 0.2) is 0 Å². The fourth-order valence-corrected chi connectivity index (χ4v) is 2.11. The zero-order chi connectivity index (χ0) is 13.5. The molecule has 98 valence electrons. The van der Waals surface area contributed by atoms with Gasteiger partial charge in [-0.2, -0.15) is 0 Å². The Balaban J connectivity index is 3.24. The van der Waals surface area contributed by atoms with Crippen LogP contribution in [0.5, 0.6) is 5.75 Å². The summed E-state index contributed by atoms with van der Waals surface area (Å²) in [5, 5.41) is 0. The van der Waals surface area contributed by atoms with E-state index in [4.69, 9.17) is 16.9 Å². The van der Waals surface area contributed by atoms with Crippen LogP contribution in [0.1, 0.15) is 31.9 Å². The predicted octanol–water partition coefficient (Wildman–Crippen LogP) is 2.56. The van der Waals surface area contributed by atoms with Crippen LogP contribution in [0, 0.1) is 12.3 Å². The second-order valence-electron chi connectivity index (χ2n) is 4.31. The second kappa shape index (κ2) is 6.93. The van der Waals surface area contributed by atoms with Gasteiger partial charge in [-0.3, -0.25) is 0 Å². The molecule has 0 radical (unpaired) electrons. The summed E-state index contributed by atoms with van der Waals surface area (Å²) in [7, 11) is 1.66. The van der Waals surface area contributed by atoms with Crippen molar-refractivity contribution in [3.8, 4) is 18.1 Å². The summed E-state index contributed by atoms with van der Waals surface area (Å²) in [6.45, 7) is 5.59. The van der Waals surface area contributed by atoms with E-state index in [0.717, 1.165) is 30.0 Å². The maximum Gasteiger partial charge on any atom is 0.125 e. The maximum atomic E-state index is 6.06. The zero-order valence-corrected chi connectivity index (χ0v) is 11.4. The lowest BCUT2D eigenvalue weighted by atomic mass is 10.0. The molecule has 0 heterocycles. The summed E-state index contributed by atoms with van der Waals surface area (Å²) >= 11 is 0. The third kappa shape index (κ3) is 3.18. The van der Waals surface area contributed by atoms with Gasteiger partial charge in [-0.25, -0.2) is 0 Å². The monoisotopic (exact) mass is 246 g/mol. The number of nitrogens with zero attached hydrogens (tertiary/aromatic N) is 1.